The third-order valence-electron chi connectivity index (χ3n) is 11.9. The van der Waals surface area contributed by atoms with Gasteiger partial charge in [0.25, 0.3) is 0 Å². The molecule has 0 radical (unpaired) electrons. The molecule has 0 aliphatic heterocycles. The van der Waals surface area contributed by atoms with E-state index in [1.165, 1.54) is 49.7 Å². The van der Waals surface area contributed by atoms with E-state index in [4.69, 9.17) is 15.0 Å². The van der Waals surface area contributed by atoms with Crippen molar-refractivity contribution in [2.75, 3.05) is 0 Å². The predicted octanol–water partition coefficient (Wildman–Crippen LogP) is 13.4. The van der Waals surface area contributed by atoms with Crippen molar-refractivity contribution in [3.8, 4) is 51.0 Å². The first kappa shape index (κ1) is 32.5. The molecule has 2 heterocycles. The molecule has 0 fully saturated rings. The average Bonchev–Trinajstić information content (AvgIpc) is 3.81. The highest BCUT2D eigenvalue weighted by molar-refractivity contribution is 6.10. The fraction of sp³-hybridized carbons (Fsp3) is 0.0185. The molecular weight excluding hydrogens is 705 g/mol. The number of benzene rings is 9. The predicted molar refractivity (Wildman–Crippen MR) is 238 cm³/mol. The van der Waals surface area contributed by atoms with E-state index in [0.717, 1.165) is 43.7 Å². The van der Waals surface area contributed by atoms with Gasteiger partial charge in [-0.25, -0.2) is 4.98 Å². The molecule has 0 spiro atoms. The summed E-state index contributed by atoms with van der Waals surface area (Å²) >= 11 is 0. The van der Waals surface area contributed by atoms with Crippen molar-refractivity contribution in [2.24, 2.45) is 0 Å². The second-order valence-corrected chi connectivity index (χ2v) is 15.2. The Balaban J connectivity index is 1.02. The lowest BCUT2D eigenvalue weighted by atomic mass is 9.87. The van der Waals surface area contributed by atoms with Crippen LogP contribution < -0.4 is 0 Å². The summed E-state index contributed by atoms with van der Waals surface area (Å²) in [4.78, 5) is 15.5. The van der Waals surface area contributed by atoms with Crippen LogP contribution in [0.5, 0.6) is 0 Å². The Morgan fingerprint density at radius 2 is 1.00 bits per heavy atom. The van der Waals surface area contributed by atoms with Crippen molar-refractivity contribution >= 4 is 43.4 Å². The molecular formula is C54H34N4. The van der Waals surface area contributed by atoms with Gasteiger partial charge in [-0.1, -0.05) is 176 Å². The maximum Gasteiger partial charge on any atom is 0.238 e. The number of fused-ring (bicyclic) bond motifs is 8. The highest BCUT2D eigenvalue weighted by Gasteiger charge is 2.30. The molecule has 4 heteroatoms. The summed E-state index contributed by atoms with van der Waals surface area (Å²) in [6.45, 7) is 0. The first-order valence-electron chi connectivity index (χ1n) is 19.8. The van der Waals surface area contributed by atoms with Gasteiger partial charge in [0.2, 0.25) is 5.95 Å². The van der Waals surface area contributed by atoms with Gasteiger partial charge in [-0.15, -0.1) is 0 Å². The molecule has 0 bridgehead atoms. The zero-order chi connectivity index (χ0) is 38.2. The minimum atomic E-state index is 0.185. The lowest BCUT2D eigenvalue weighted by Gasteiger charge is -2.16. The molecule has 9 aromatic carbocycles. The molecule has 58 heavy (non-hydrogen) atoms. The number of hydrogen-bond acceptors (Lipinski definition) is 3. The topological polar surface area (TPSA) is 43.6 Å². The largest absolute Gasteiger partial charge is 0.278 e. The monoisotopic (exact) mass is 738 g/mol. The molecule has 0 saturated carbocycles. The van der Waals surface area contributed by atoms with Crippen LogP contribution >= 0.6 is 0 Å². The smallest absolute Gasteiger partial charge is 0.238 e. The zero-order valence-corrected chi connectivity index (χ0v) is 31.4. The minimum absolute atomic E-state index is 0.185. The molecule has 0 amide bonds. The van der Waals surface area contributed by atoms with Crippen molar-refractivity contribution < 1.29 is 0 Å². The highest BCUT2D eigenvalue weighted by atomic mass is 15.2. The highest BCUT2D eigenvalue weighted by Crippen LogP contribution is 2.49. The molecule has 0 saturated heterocycles. The van der Waals surface area contributed by atoms with Crippen LogP contribution in [-0.4, -0.2) is 19.5 Å². The summed E-state index contributed by atoms with van der Waals surface area (Å²) in [5.41, 5.74) is 13.0. The molecule has 1 unspecified atom stereocenters. The van der Waals surface area contributed by atoms with E-state index in [9.17, 15) is 0 Å². The van der Waals surface area contributed by atoms with E-state index in [0.29, 0.717) is 17.6 Å². The van der Waals surface area contributed by atoms with Gasteiger partial charge in [-0.3, -0.25) is 4.57 Å². The minimum Gasteiger partial charge on any atom is -0.278 e. The van der Waals surface area contributed by atoms with Crippen molar-refractivity contribution in [1.82, 2.24) is 19.5 Å². The van der Waals surface area contributed by atoms with Crippen LogP contribution in [0.2, 0.25) is 0 Å². The molecule has 1 atom stereocenters. The van der Waals surface area contributed by atoms with Crippen molar-refractivity contribution in [3.63, 3.8) is 0 Å². The molecule has 12 rings (SSSR count). The second-order valence-electron chi connectivity index (χ2n) is 15.2. The van der Waals surface area contributed by atoms with Gasteiger partial charge in [0, 0.05) is 27.8 Å². The fourth-order valence-electron chi connectivity index (χ4n) is 9.22. The van der Waals surface area contributed by atoms with Gasteiger partial charge in [-0.2, -0.15) is 9.97 Å². The second kappa shape index (κ2) is 12.9. The summed E-state index contributed by atoms with van der Waals surface area (Å²) in [5.74, 6) is 2.05. The molecule has 2 aromatic heterocycles. The summed E-state index contributed by atoms with van der Waals surface area (Å²) in [6, 6.07) is 71.8. The van der Waals surface area contributed by atoms with Crippen LogP contribution in [0.15, 0.2) is 200 Å². The van der Waals surface area contributed by atoms with E-state index >= 15 is 0 Å². The molecule has 11 aromatic rings. The lowest BCUT2D eigenvalue weighted by Crippen LogP contribution is -2.06. The Bertz CT molecular complexity index is 3410. The third kappa shape index (κ3) is 5.12. The van der Waals surface area contributed by atoms with E-state index in [1.807, 2.05) is 18.2 Å². The van der Waals surface area contributed by atoms with E-state index < -0.39 is 0 Å². The summed E-state index contributed by atoms with van der Waals surface area (Å²) in [7, 11) is 0. The van der Waals surface area contributed by atoms with Gasteiger partial charge >= 0.3 is 0 Å². The Kier molecular flexibility index (Phi) is 7.26. The van der Waals surface area contributed by atoms with Crippen LogP contribution in [0.4, 0.5) is 0 Å². The number of para-hydroxylation sites is 1. The number of rotatable bonds is 5. The normalized spacial score (nSPS) is 13.3. The lowest BCUT2D eigenvalue weighted by molar-refractivity contribution is 0.954. The summed E-state index contributed by atoms with van der Waals surface area (Å²) < 4.78 is 2.20. The summed E-state index contributed by atoms with van der Waals surface area (Å²) in [5, 5.41) is 7.09. The van der Waals surface area contributed by atoms with Gasteiger partial charge in [-0.05, 0) is 84.8 Å². The van der Waals surface area contributed by atoms with Crippen LogP contribution in [0.3, 0.4) is 0 Å². The molecule has 270 valence electrons. The number of nitrogens with zero attached hydrogens (tertiary/aromatic N) is 4. The van der Waals surface area contributed by atoms with Crippen molar-refractivity contribution in [2.45, 2.75) is 5.92 Å². The Labute approximate surface area is 335 Å². The number of aromatic nitrogens is 4. The van der Waals surface area contributed by atoms with Crippen LogP contribution in [0.25, 0.3) is 94.3 Å². The Morgan fingerprint density at radius 1 is 0.345 bits per heavy atom. The van der Waals surface area contributed by atoms with E-state index in [-0.39, 0.29) is 5.92 Å². The molecule has 1 aliphatic rings. The zero-order valence-electron chi connectivity index (χ0n) is 31.4. The van der Waals surface area contributed by atoms with Crippen molar-refractivity contribution in [3.05, 3.63) is 217 Å². The van der Waals surface area contributed by atoms with Gasteiger partial charge in [0.15, 0.2) is 11.6 Å². The number of hydrogen-bond donors (Lipinski definition) is 0. The maximum absolute atomic E-state index is 5.25. The standard InChI is InChI=1S/C54H34N4/c1-2-15-36(16-3-1)52-55-53(46-23-12-18-35-14-6-7-19-41(35)46)57-54(56-52)58-49-24-11-10-21-43(49)48-33-39(28-30-50(48)58)38-27-29-45-47(32-38)42-20-8-9-22-44(42)51(45)40-26-25-34-13-4-5-17-37(34)31-40/h1-33,51H. The Hall–Kier alpha value is -7.69. The van der Waals surface area contributed by atoms with Crippen LogP contribution in [-0.2, 0) is 0 Å². The first-order valence-corrected chi connectivity index (χ1v) is 19.8. The van der Waals surface area contributed by atoms with Crippen molar-refractivity contribution in [1.29, 1.82) is 0 Å². The Morgan fingerprint density at radius 3 is 1.91 bits per heavy atom. The average molecular weight is 739 g/mol. The SMILES string of the molecule is c1ccc(-c2nc(-c3cccc4ccccc34)nc(-n3c4ccccc4c4cc(-c5ccc6c(c5)-c5ccccc5C6c5ccc6ccccc6c5)ccc43)n2)cc1. The fourth-order valence-corrected chi connectivity index (χ4v) is 9.22. The maximum atomic E-state index is 5.25. The van der Waals surface area contributed by atoms with E-state index in [2.05, 4.69) is 187 Å². The van der Waals surface area contributed by atoms with Gasteiger partial charge in [0.1, 0.15) is 0 Å². The van der Waals surface area contributed by atoms with Gasteiger partial charge < -0.3 is 0 Å². The third-order valence-corrected chi connectivity index (χ3v) is 11.9. The van der Waals surface area contributed by atoms with Gasteiger partial charge in [0.05, 0.1) is 11.0 Å². The van der Waals surface area contributed by atoms with Crippen LogP contribution in [0, 0.1) is 0 Å². The molecule has 4 nitrogen and oxygen atoms in total. The first-order chi connectivity index (χ1) is 28.7. The quantitative estimate of drug-likeness (QED) is 0.177. The summed E-state index contributed by atoms with van der Waals surface area (Å²) in [6.07, 6.45) is 0. The molecule has 0 N–H and O–H groups in total. The van der Waals surface area contributed by atoms with Crippen LogP contribution in [0.1, 0.15) is 22.6 Å². The molecule has 1 aliphatic carbocycles. The van der Waals surface area contributed by atoms with E-state index in [1.54, 1.807) is 0 Å².